The SMILES string of the molecule is COCC(C)(N=[N+]=[N-])c1cnc(O[C@@H]2CN(C(C)=O)[C@H]2C)c2cnc(Cl)cc12. The van der Waals surface area contributed by atoms with E-state index in [-0.39, 0.29) is 24.7 Å². The molecule has 0 aromatic carbocycles. The molecule has 3 rings (SSSR count). The Hall–Kier alpha value is -2.61. The van der Waals surface area contributed by atoms with Gasteiger partial charge < -0.3 is 14.4 Å². The van der Waals surface area contributed by atoms with Gasteiger partial charge >= 0.3 is 0 Å². The van der Waals surface area contributed by atoms with E-state index in [9.17, 15) is 4.79 Å². The molecular weight excluding hydrogens is 384 g/mol. The zero-order valence-corrected chi connectivity index (χ0v) is 16.8. The number of fused-ring (bicyclic) bond motifs is 1. The van der Waals surface area contributed by atoms with E-state index in [1.165, 1.54) is 14.0 Å². The number of azide groups is 1. The molecule has 0 bridgehead atoms. The van der Waals surface area contributed by atoms with E-state index in [2.05, 4.69) is 20.0 Å². The van der Waals surface area contributed by atoms with Crippen LogP contribution in [0.3, 0.4) is 0 Å². The van der Waals surface area contributed by atoms with E-state index in [4.69, 9.17) is 26.6 Å². The lowest BCUT2D eigenvalue weighted by atomic mass is 9.91. The van der Waals surface area contributed by atoms with Crippen LogP contribution in [0.25, 0.3) is 21.2 Å². The van der Waals surface area contributed by atoms with E-state index >= 15 is 0 Å². The third kappa shape index (κ3) is 3.56. The number of methoxy groups -OCH3 is 1. The van der Waals surface area contributed by atoms with E-state index in [0.29, 0.717) is 33.9 Å². The van der Waals surface area contributed by atoms with Gasteiger partial charge in [0, 0.05) is 31.3 Å². The zero-order valence-electron chi connectivity index (χ0n) is 16.1. The summed E-state index contributed by atoms with van der Waals surface area (Å²) in [7, 11) is 1.53. The quantitative estimate of drug-likeness (QED) is 0.316. The van der Waals surface area contributed by atoms with Crippen LogP contribution in [0.2, 0.25) is 5.15 Å². The Morgan fingerprint density at radius 2 is 2.21 bits per heavy atom. The average molecular weight is 405 g/mol. The lowest BCUT2D eigenvalue weighted by molar-refractivity contribution is -0.144. The third-order valence-electron chi connectivity index (χ3n) is 5.05. The summed E-state index contributed by atoms with van der Waals surface area (Å²) >= 11 is 6.12. The first kappa shape index (κ1) is 20.1. The lowest BCUT2D eigenvalue weighted by Gasteiger charge is -2.45. The molecule has 0 aliphatic carbocycles. The van der Waals surface area contributed by atoms with Crippen LogP contribution in [0.4, 0.5) is 0 Å². The van der Waals surface area contributed by atoms with Crippen molar-refractivity contribution in [3.05, 3.63) is 39.6 Å². The third-order valence-corrected chi connectivity index (χ3v) is 5.25. The first-order chi connectivity index (χ1) is 13.3. The summed E-state index contributed by atoms with van der Waals surface area (Å²) in [5.74, 6) is 0.405. The van der Waals surface area contributed by atoms with Crippen LogP contribution in [-0.4, -0.2) is 53.2 Å². The molecule has 1 fully saturated rings. The van der Waals surface area contributed by atoms with Gasteiger partial charge in [0.25, 0.3) is 0 Å². The molecule has 2 aromatic heterocycles. The van der Waals surface area contributed by atoms with Gasteiger partial charge in [0.1, 0.15) is 11.3 Å². The fourth-order valence-corrected chi connectivity index (χ4v) is 3.58. The Kier molecular flexibility index (Phi) is 5.60. The van der Waals surface area contributed by atoms with Crippen LogP contribution in [0.15, 0.2) is 23.6 Å². The summed E-state index contributed by atoms with van der Waals surface area (Å²) in [5.41, 5.74) is 8.69. The molecule has 1 amide bonds. The number of pyridine rings is 2. The summed E-state index contributed by atoms with van der Waals surface area (Å²) in [4.78, 5) is 24.8. The van der Waals surface area contributed by atoms with Crippen LogP contribution in [0.5, 0.6) is 5.88 Å². The van der Waals surface area contributed by atoms with E-state index in [0.717, 1.165) is 0 Å². The number of ether oxygens (including phenoxy) is 2. The molecule has 1 saturated heterocycles. The molecule has 1 unspecified atom stereocenters. The second-order valence-corrected chi connectivity index (χ2v) is 7.38. The van der Waals surface area contributed by atoms with Crippen molar-refractivity contribution in [3.63, 3.8) is 0 Å². The normalized spacial score (nSPS) is 20.8. The number of halogens is 1. The minimum absolute atomic E-state index is 0.0126. The summed E-state index contributed by atoms with van der Waals surface area (Å²) < 4.78 is 11.3. The maximum atomic E-state index is 11.5. The van der Waals surface area contributed by atoms with Crippen LogP contribution in [0, 0.1) is 0 Å². The minimum Gasteiger partial charge on any atom is -0.470 e. The maximum Gasteiger partial charge on any atom is 0.223 e. The summed E-state index contributed by atoms with van der Waals surface area (Å²) in [6, 6.07) is 1.64. The number of likely N-dealkylation sites (tertiary alicyclic amines) is 1. The van der Waals surface area contributed by atoms with E-state index < -0.39 is 5.54 Å². The molecular formula is C18H21ClN6O3. The Bertz CT molecular complexity index is 964. The molecule has 9 nitrogen and oxygen atoms in total. The van der Waals surface area contributed by atoms with Crippen molar-refractivity contribution < 1.29 is 14.3 Å². The van der Waals surface area contributed by atoms with Crippen molar-refractivity contribution in [2.24, 2.45) is 5.11 Å². The van der Waals surface area contributed by atoms with Crippen molar-refractivity contribution in [2.75, 3.05) is 20.3 Å². The topological polar surface area (TPSA) is 113 Å². The number of hydrogen-bond donors (Lipinski definition) is 0. The highest BCUT2D eigenvalue weighted by molar-refractivity contribution is 6.30. The van der Waals surface area contributed by atoms with Crippen LogP contribution in [0.1, 0.15) is 26.3 Å². The monoisotopic (exact) mass is 404 g/mol. The Balaban J connectivity index is 2.04. The van der Waals surface area contributed by atoms with E-state index in [1.54, 1.807) is 30.3 Å². The Morgan fingerprint density at radius 1 is 1.46 bits per heavy atom. The number of carbonyl (C=O) groups is 1. The number of nitrogens with zero attached hydrogens (tertiary/aromatic N) is 6. The fourth-order valence-electron chi connectivity index (χ4n) is 3.42. The first-order valence-electron chi connectivity index (χ1n) is 8.74. The van der Waals surface area contributed by atoms with Crippen LogP contribution < -0.4 is 4.74 Å². The summed E-state index contributed by atoms with van der Waals surface area (Å²) in [5, 5.41) is 5.58. The molecule has 0 N–H and O–H groups in total. The van der Waals surface area contributed by atoms with Gasteiger partial charge in [-0.1, -0.05) is 16.7 Å². The van der Waals surface area contributed by atoms with Gasteiger partial charge in [0.05, 0.1) is 30.1 Å². The molecule has 10 heteroatoms. The molecule has 0 radical (unpaired) electrons. The van der Waals surface area contributed by atoms with Crippen molar-refractivity contribution >= 4 is 28.3 Å². The van der Waals surface area contributed by atoms with Crippen molar-refractivity contribution in [1.82, 2.24) is 14.9 Å². The molecule has 0 spiro atoms. The minimum atomic E-state index is -0.979. The van der Waals surface area contributed by atoms with Crippen molar-refractivity contribution in [1.29, 1.82) is 0 Å². The number of rotatable bonds is 6. The summed E-state index contributed by atoms with van der Waals surface area (Å²) in [6.07, 6.45) is 3.02. The van der Waals surface area contributed by atoms with Gasteiger partial charge in [-0.05, 0) is 36.4 Å². The average Bonchev–Trinajstić information content (AvgIpc) is 2.63. The second-order valence-electron chi connectivity index (χ2n) is 6.99. The van der Waals surface area contributed by atoms with Crippen molar-refractivity contribution in [3.8, 4) is 5.88 Å². The molecule has 2 aromatic rings. The molecule has 1 aliphatic rings. The predicted octanol–water partition coefficient (Wildman–Crippen LogP) is 3.45. The number of hydrogen-bond acceptors (Lipinski definition) is 6. The lowest BCUT2D eigenvalue weighted by Crippen LogP contribution is -2.62. The van der Waals surface area contributed by atoms with Gasteiger partial charge in [-0.3, -0.25) is 4.79 Å². The smallest absolute Gasteiger partial charge is 0.223 e. The van der Waals surface area contributed by atoms with Crippen LogP contribution in [-0.2, 0) is 15.1 Å². The Morgan fingerprint density at radius 3 is 2.82 bits per heavy atom. The van der Waals surface area contributed by atoms with Gasteiger partial charge in [0.2, 0.25) is 11.8 Å². The number of amides is 1. The largest absolute Gasteiger partial charge is 0.470 e. The fraction of sp³-hybridized carbons (Fsp3) is 0.500. The first-order valence-corrected chi connectivity index (χ1v) is 9.12. The van der Waals surface area contributed by atoms with Crippen molar-refractivity contribution in [2.45, 2.75) is 38.5 Å². The Labute approximate surface area is 167 Å². The zero-order chi connectivity index (χ0) is 20.5. The molecule has 0 saturated carbocycles. The number of aromatic nitrogens is 2. The number of carbonyl (C=O) groups excluding carboxylic acids is 1. The van der Waals surface area contributed by atoms with Crippen LogP contribution >= 0.6 is 11.6 Å². The van der Waals surface area contributed by atoms with Gasteiger partial charge in [0.15, 0.2) is 0 Å². The molecule has 1 aliphatic heterocycles. The second kappa shape index (κ2) is 7.79. The predicted molar refractivity (Wildman–Crippen MR) is 104 cm³/mol. The highest BCUT2D eigenvalue weighted by Gasteiger charge is 2.39. The standard InChI is InChI=1S/C18H21ClN6O3/c1-10-15(8-25(10)11(2)26)28-17-13-6-21-16(19)5-12(13)14(7-22-17)18(3,9-27-4)23-24-20/h5-7,10,15H,8-9H2,1-4H3/t10-,15+,18?/m0/s1. The molecule has 3 atom stereocenters. The highest BCUT2D eigenvalue weighted by Crippen LogP contribution is 2.37. The summed E-state index contributed by atoms with van der Waals surface area (Å²) in [6.45, 7) is 5.90. The van der Waals surface area contributed by atoms with Gasteiger partial charge in [-0.25, -0.2) is 9.97 Å². The molecule has 148 valence electrons. The molecule has 28 heavy (non-hydrogen) atoms. The molecule has 3 heterocycles. The van der Waals surface area contributed by atoms with Gasteiger partial charge in [-0.2, -0.15) is 0 Å². The maximum absolute atomic E-state index is 11.5. The highest BCUT2D eigenvalue weighted by atomic mass is 35.5. The van der Waals surface area contributed by atoms with E-state index in [1.807, 2.05) is 6.92 Å². The van der Waals surface area contributed by atoms with Gasteiger partial charge in [-0.15, -0.1) is 0 Å².